The third kappa shape index (κ3) is 3.73. The number of oxazole rings is 1. The van der Waals surface area contributed by atoms with E-state index in [-0.39, 0.29) is 5.91 Å². The second kappa shape index (κ2) is 4.64. The largest absolute Gasteiger partial charge is 0.451 e. The molecule has 0 bridgehead atoms. The molecule has 1 aromatic heterocycles. The molecule has 0 fully saturated rings. The molecule has 0 aliphatic carbocycles. The van der Waals surface area contributed by atoms with Crippen LogP contribution < -0.4 is 5.32 Å². The van der Waals surface area contributed by atoms with Gasteiger partial charge in [0.05, 0.1) is 12.2 Å². The monoisotopic (exact) mass is 182 g/mol. The molecule has 0 spiro atoms. The van der Waals surface area contributed by atoms with E-state index in [4.69, 9.17) is 4.42 Å². The molecule has 0 saturated heterocycles. The summed E-state index contributed by atoms with van der Waals surface area (Å²) >= 11 is 0. The summed E-state index contributed by atoms with van der Waals surface area (Å²) in [6.07, 6.45) is 3.43. The molecule has 0 aliphatic heterocycles. The third-order valence-corrected chi connectivity index (χ3v) is 1.54. The van der Waals surface area contributed by atoms with Gasteiger partial charge >= 0.3 is 0 Å². The second-order valence-corrected chi connectivity index (χ2v) is 3.35. The Morgan fingerprint density at radius 3 is 3.00 bits per heavy atom. The van der Waals surface area contributed by atoms with Crippen LogP contribution in [0.15, 0.2) is 17.1 Å². The lowest BCUT2D eigenvalue weighted by atomic mass is 10.1. The molecule has 72 valence electrons. The lowest BCUT2D eigenvalue weighted by Gasteiger charge is -2.04. The molecule has 1 amide bonds. The molecule has 0 unspecified atom stereocenters. The molecular weight excluding hydrogens is 168 g/mol. The number of hydrogen-bond donors (Lipinski definition) is 1. The van der Waals surface area contributed by atoms with E-state index in [1.54, 1.807) is 0 Å². The minimum atomic E-state index is 0.0537. The predicted molar refractivity (Wildman–Crippen MR) is 47.8 cm³/mol. The fourth-order valence-electron chi connectivity index (χ4n) is 0.957. The molecule has 0 aliphatic rings. The van der Waals surface area contributed by atoms with Crippen LogP contribution in [0, 0.1) is 5.92 Å². The highest BCUT2D eigenvalue weighted by Gasteiger charge is 2.04. The van der Waals surface area contributed by atoms with Crippen LogP contribution in [-0.2, 0) is 11.3 Å². The number of nitrogens with zero attached hydrogens (tertiary/aromatic N) is 1. The topological polar surface area (TPSA) is 55.1 Å². The first-order valence-corrected chi connectivity index (χ1v) is 4.32. The van der Waals surface area contributed by atoms with Crippen LogP contribution in [0.4, 0.5) is 0 Å². The lowest BCUT2D eigenvalue weighted by molar-refractivity contribution is -0.121. The molecule has 1 N–H and O–H groups in total. The van der Waals surface area contributed by atoms with Gasteiger partial charge < -0.3 is 9.73 Å². The van der Waals surface area contributed by atoms with Crippen molar-refractivity contribution in [1.82, 2.24) is 10.3 Å². The minimum Gasteiger partial charge on any atom is -0.451 e. The first-order valence-electron chi connectivity index (χ1n) is 4.32. The van der Waals surface area contributed by atoms with E-state index >= 15 is 0 Å². The summed E-state index contributed by atoms with van der Waals surface area (Å²) in [6.45, 7) is 4.47. The molecule has 13 heavy (non-hydrogen) atoms. The second-order valence-electron chi connectivity index (χ2n) is 3.35. The average molecular weight is 182 g/mol. The quantitative estimate of drug-likeness (QED) is 0.764. The summed E-state index contributed by atoms with van der Waals surface area (Å²) in [4.78, 5) is 15.1. The number of aromatic nitrogens is 1. The number of amides is 1. The molecule has 0 aromatic carbocycles. The van der Waals surface area contributed by atoms with E-state index in [0.29, 0.717) is 18.9 Å². The van der Waals surface area contributed by atoms with Gasteiger partial charge in [-0.2, -0.15) is 0 Å². The van der Waals surface area contributed by atoms with Crippen LogP contribution in [0.1, 0.15) is 26.0 Å². The maximum Gasteiger partial charge on any atom is 0.220 e. The number of carbonyl (C=O) groups is 1. The third-order valence-electron chi connectivity index (χ3n) is 1.54. The zero-order valence-electron chi connectivity index (χ0n) is 7.91. The SMILES string of the molecule is CC(C)CC(=O)NCc1cocn1. The summed E-state index contributed by atoms with van der Waals surface area (Å²) in [5.74, 6) is 0.440. The number of carbonyl (C=O) groups excluding carboxylic acids is 1. The van der Waals surface area contributed by atoms with Gasteiger partial charge in [-0.25, -0.2) is 4.98 Å². The first-order chi connectivity index (χ1) is 6.18. The van der Waals surface area contributed by atoms with Crippen LogP contribution >= 0.6 is 0 Å². The van der Waals surface area contributed by atoms with Crippen molar-refractivity contribution < 1.29 is 9.21 Å². The van der Waals surface area contributed by atoms with Crippen molar-refractivity contribution in [2.75, 3.05) is 0 Å². The highest BCUT2D eigenvalue weighted by molar-refractivity contribution is 5.75. The zero-order chi connectivity index (χ0) is 9.68. The molecule has 1 aromatic rings. The Morgan fingerprint density at radius 2 is 2.46 bits per heavy atom. The predicted octanol–water partition coefficient (Wildman–Crippen LogP) is 1.34. The summed E-state index contributed by atoms with van der Waals surface area (Å²) in [7, 11) is 0. The van der Waals surface area contributed by atoms with Gasteiger partial charge in [0.15, 0.2) is 6.39 Å². The van der Waals surface area contributed by atoms with E-state index in [1.807, 2.05) is 13.8 Å². The van der Waals surface area contributed by atoms with Gasteiger partial charge in [-0.05, 0) is 5.92 Å². The van der Waals surface area contributed by atoms with Gasteiger partial charge in [0.2, 0.25) is 5.91 Å². The standard InChI is InChI=1S/C9H14N2O2/c1-7(2)3-9(12)10-4-8-5-13-6-11-8/h5-7H,3-4H2,1-2H3,(H,10,12). The van der Waals surface area contributed by atoms with E-state index < -0.39 is 0 Å². The molecule has 1 rings (SSSR count). The van der Waals surface area contributed by atoms with E-state index in [1.165, 1.54) is 12.7 Å². The van der Waals surface area contributed by atoms with Gasteiger partial charge in [-0.3, -0.25) is 4.79 Å². The van der Waals surface area contributed by atoms with Crippen molar-refractivity contribution in [2.45, 2.75) is 26.8 Å². The normalized spacial score (nSPS) is 10.4. The van der Waals surface area contributed by atoms with E-state index in [9.17, 15) is 4.79 Å². The van der Waals surface area contributed by atoms with Crippen LogP contribution in [-0.4, -0.2) is 10.9 Å². The van der Waals surface area contributed by atoms with Gasteiger partial charge in [-0.15, -0.1) is 0 Å². The van der Waals surface area contributed by atoms with Crippen LogP contribution in [0.2, 0.25) is 0 Å². The molecular formula is C9H14N2O2. The van der Waals surface area contributed by atoms with Crippen LogP contribution in [0.25, 0.3) is 0 Å². The molecule has 0 saturated carbocycles. The highest BCUT2D eigenvalue weighted by atomic mass is 16.3. The van der Waals surface area contributed by atoms with Gasteiger partial charge in [0, 0.05) is 6.42 Å². The maximum atomic E-state index is 11.2. The van der Waals surface area contributed by atoms with Crippen molar-refractivity contribution in [3.63, 3.8) is 0 Å². The first kappa shape index (κ1) is 9.77. The Kier molecular flexibility index (Phi) is 3.49. The van der Waals surface area contributed by atoms with Crippen molar-refractivity contribution in [3.8, 4) is 0 Å². The molecule has 0 radical (unpaired) electrons. The summed E-state index contributed by atoms with van der Waals surface area (Å²) in [6, 6.07) is 0. The fourth-order valence-corrected chi connectivity index (χ4v) is 0.957. The molecule has 1 heterocycles. The zero-order valence-corrected chi connectivity index (χ0v) is 7.91. The maximum absolute atomic E-state index is 11.2. The minimum absolute atomic E-state index is 0.0537. The number of hydrogen-bond acceptors (Lipinski definition) is 3. The van der Waals surface area contributed by atoms with E-state index in [2.05, 4.69) is 10.3 Å². The van der Waals surface area contributed by atoms with Gasteiger partial charge in [0.1, 0.15) is 6.26 Å². The molecule has 0 atom stereocenters. The van der Waals surface area contributed by atoms with Gasteiger partial charge in [-0.1, -0.05) is 13.8 Å². The molecule has 4 heteroatoms. The fraction of sp³-hybridized carbons (Fsp3) is 0.556. The lowest BCUT2D eigenvalue weighted by Crippen LogP contribution is -2.23. The van der Waals surface area contributed by atoms with E-state index in [0.717, 1.165) is 5.69 Å². The number of nitrogens with one attached hydrogen (secondary N) is 1. The Bertz CT molecular complexity index is 255. The van der Waals surface area contributed by atoms with Crippen molar-refractivity contribution in [3.05, 3.63) is 18.4 Å². The Hall–Kier alpha value is -1.32. The van der Waals surface area contributed by atoms with Crippen LogP contribution in [0.3, 0.4) is 0 Å². The summed E-state index contributed by atoms with van der Waals surface area (Å²) < 4.78 is 4.77. The smallest absolute Gasteiger partial charge is 0.220 e. The Balaban J connectivity index is 2.23. The van der Waals surface area contributed by atoms with Crippen molar-refractivity contribution >= 4 is 5.91 Å². The summed E-state index contributed by atoms with van der Waals surface area (Å²) in [5.41, 5.74) is 0.747. The summed E-state index contributed by atoms with van der Waals surface area (Å²) in [5, 5.41) is 2.75. The average Bonchev–Trinajstić information content (AvgIpc) is 2.51. The Morgan fingerprint density at radius 1 is 1.69 bits per heavy atom. The van der Waals surface area contributed by atoms with Crippen molar-refractivity contribution in [2.24, 2.45) is 5.92 Å². The van der Waals surface area contributed by atoms with Crippen molar-refractivity contribution in [1.29, 1.82) is 0 Å². The van der Waals surface area contributed by atoms with Gasteiger partial charge in [0.25, 0.3) is 0 Å². The number of rotatable bonds is 4. The Labute approximate surface area is 77.3 Å². The highest BCUT2D eigenvalue weighted by Crippen LogP contribution is 1.99. The van der Waals surface area contributed by atoms with Crippen LogP contribution in [0.5, 0.6) is 0 Å². The molecule has 4 nitrogen and oxygen atoms in total.